The van der Waals surface area contributed by atoms with Crippen LogP contribution in [-0.2, 0) is 0 Å². The van der Waals surface area contributed by atoms with Crippen molar-refractivity contribution in [3.63, 3.8) is 0 Å². The number of rotatable bonds is 4. The highest BCUT2D eigenvalue weighted by atomic mass is 79.9. The van der Waals surface area contributed by atoms with E-state index in [9.17, 15) is 0 Å². The highest BCUT2D eigenvalue weighted by molar-refractivity contribution is 9.10. The van der Waals surface area contributed by atoms with Gasteiger partial charge in [0.15, 0.2) is 0 Å². The van der Waals surface area contributed by atoms with E-state index in [4.69, 9.17) is 16.3 Å². The molecule has 0 saturated carbocycles. The van der Waals surface area contributed by atoms with Gasteiger partial charge in [0.1, 0.15) is 5.75 Å². The van der Waals surface area contributed by atoms with E-state index < -0.39 is 0 Å². The van der Waals surface area contributed by atoms with Gasteiger partial charge in [0, 0.05) is 10.7 Å². The average molecular weight is 342 g/mol. The van der Waals surface area contributed by atoms with Gasteiger partial charge in [0.2, 0.25) is 0 Å². The molecule has 2 aromatic rings. The Kier molecular flexibility index (Phi) is 4.80. The van der Waals surface area contributed by atoms with Crippen LogP contribution in [0.2, 0.25) is 5.02 Å². The molecule has 5 heteroatoms. The van der Waals surface area contributed by atoms with E-state index in [2.05, 4.69) is 26.2 Å². The summed E-state index contributed by atoms with van der Waals surface area (Å²) in [7, 11) is 3.52. The fourth-order valence-corrected chi connectivity index (χ4v) is 2.57. The minimum atomic E-state index is -0.0346. The van der Waals surface area contributed by atoms with Gasteiger partial charge in [-0.1, -0.05) is 23.7 Å². The average Bonchev–Trinajstić information content (AvgIpc) is 2.44. The molecule has 0 saturated heterocycles. The summed E-state index contributed by atoms with van der Waals surface area (Å²) >= 11 is 9.80. The molecule has 0 spiro atoms. The van der Waals surface area contributed by atoms with Crippen molar-refractivity contribution in [2.24, 2.45) is 0 Å². The number of nitrogens with one attached hydrogen (secondary N) is 1. The minimum Gasteiger partial charge on any atom is -0.495 e. The Morgan fingerprint density at radius 1 is 1.37 bits per heavy atom. The largest absolute Gasteiger partial charge is 0.495 e. The number of halogens is 2. The number of hydrogen-bond donors (Lipinski definition) is 1. The van der Waals surface area contributed by atoms with Crippen molar-refractivity contribution in [1.82, 2.24) is 10.3 Å². The van der Waals surface area contributed by atoms with Gasteiger partial charge in [-0.05, 0) is 46.2 Å². The predicted molar refractivity (Wildman–Crippen MR) is 80.8 cm³/mol. The summed E-state index contributed by atoms with van der Waals surface area (Å²) in [6.07, 6.45) is 3.49. The molecule has 3 nitrogen and oxygen atoms in total. The monoisotopic (exact) mass is 340 g/mol. The number of ether oxygens (including phenoxy) is 1. The third-order valence-electron chi connectivity index (χ3n) is 2.88. The molecule has 1 aromatic heterocycles. The SMILES string of the molecule is CNC(c1cncc(OC)c1)c1cccc(Br)c1Cl. The highest BCUT2D eigenvalue weighted by Crippen LogP contribution is 2.33. The van der Waals surface area contributed by atoms with Crippen LogP contribution in [0, 0.1) is 0 Å². The molecule has 1 N–H and O–H groups in total. The molecule has 0 aliphatic carbocycles. The van der Waals surface area contributed by atoms with Crippen molar-refractivity contribution >= 4 is 27.5 Å². The summed E-state index contributed by atoms with van der Waals surface area (Å²) in [4.78, 5) is 4.18. The fraction of sp³-hybridized carbons (Fsp3) is 0.214. The zero-order valence-corrected chi connectivity index (χ0v) is 13.0. The van der Waals surface area contributed by atoms with E-state index in [0.717, 1.165) is 21.3 Å². The number of benzene rings is 1. The van der Waals surface area contributed by atoms with Gasteiger partial charge in [0.05, 0.1) is 24.4 Å². The topological polar surface area (TPSA) is 34.2 Å². The predicted octanol–water partition coefficient (Wildman–Crippen LogP) is 3.81. The Morgan fingerprint density at radius 3 is 2.84 bits per heavy atom. The van der Waals surface area contributed by atoms with E-state index in [1.165, 1.54) is 0 Å². The second-order valence-corrected chi connectivity index (χ2v) is 5.26. The van der Waals surface area contributed by atoms with Crippen molar-refractivity contribution in [3.8, 4) is 5.75 Å². The summed E-state index contributed by atoms with van der Waals surface area (Å²) in [5.41, 5.74) is 2.00. The smallest absolute Gasteiger partial charge is 0.137 e. The Hall–Kier alpha value is -1.10. The Labute approximate surface area is 126 Å². The van der Waals surface area contributed by atoms with Crippen LogP contribution < -0.4 is 10.1 Å². The summed E-state index contributed by atoms with van der Waals surface area (Å²) in [5, 5.41) is 3.95. The molecule has 0 amide bonds. The molecule has 0 bridgehead atoms. The number of methoxy groups -OCH3 is 1. The maximum Gasteiger partial charge on any atom is 0.137 e. The fourth-order valence-electron chi connectivity index (χ4n) is 1.95. The van der Waals surface area contributed by atoms with Gasteiger partial charge in [-0.15, -0.1) is 0 Å². The van der Waals surface area contributed by atoms with Crippen molar-refractivity contribution in [2.75, 3.05) is 14.2 Å². The second-order valence-electron chi connectivity index (χ2n) is 4.02. The van der Waals surface area contributed by atoms with Crippen LogP contribution in [0.5, 0.6) is 5.75 Å². The first-order chi connectivity index (χ1) is 9.17. The summed E-state index contributed by atoms with van der Waals surface area (Å²) < 4.78 is 6.08. The van der Waals surface area contributed by atoms with E-state index in [0.29, 0.717) is 5.02 Å². The van der Waals surface area contributed by atoms with Crippen molar-refractivity contribution < 1.29 is 4.74 Å². The molecule has 0 fully saturated rings. The summed E-state index contributed by atoms with van der Waals surface area (Å²) in [6, 6.07) is 7.79. The molecule has 100 valence electrons. The van der Waals surface area contributed by atoms with Gasteiger partial charge in [-0.25, -0.2) is 0 Å². The molecule has 0 aliphatic heterocycles. The number of pyridine rings is 1. The lowest BCUT2D eigenvalue weighted by atomic mass is 10.0. The van der Waals surface area contributed by atoms with Crippen LogP contribution in [0.1, 0.15) is 17.2 Å². The summed E-state index contributed by atoms with van der Waals surface area (Å²) in [5.74, 6) is 0.726. The maximum absolute atomic E-state index is 6.35. The lowest BCUT2D eigenvalue weighted by Gasteiger charge is -2.19. The van der Waals surface area contributed by atoms with Gasteiger partial charge < -0.3 is 10.1 Å². The normalized spacial score (nSPS) is 12.2. The van der Waals surface area contributed by atoms with Crippen LogP contribution in [0.3, 0.4) is 0 Å². The van der Waals surface area contributed by atoms with Gasteiger partial charge in [-0.2, -0.15) is 0 Å². The Balaban J connectivity index is 2.46. The molecule has 0 radical (unpaired) electrons. The number of aromatic nitrogens is 1. The zero-order chi connectivity index (χ0) is 13.8. The lowest BCUT2D eigenvalue weighted by Crippen LogP contribution is -2.18. The maximum atomic E-state index is 6.35. The van der Waals surface area contributed by atoms with Crippen molar-refractivity contribution in [2.45, 2.75) is 6.04 Å². The second kappa shape index (κ2) is 6.37. The standard InChI is InChI=1S/C14H14BrClN2O/c1-17-14(9-6-10(19-2)8-18-7-9)11-4-3-5-12(15)13(11)16/h3-8,14,17H,1-2H3. The molecule has 0 aliphatic rings. The molecule has 1 unspecified atom stereocenters. The third-order valence-corrected chi connectivity index (χ3v) is 4.20. The van der Waals surface area contributed by atoms with E-state index >= 15 is 0 Å². The van der Waals surface area contributed by atoms with E-state index in [-0.39, 0.29) is 6.04 Å². The first-order valence-corrected chi connectivity index (χ1v) is 6.94. The first-order valence-electron chi connectivity index (χ1n) is 5.77. The molecule has 1 atom stereocenters. The molecule has 2 rings (SSSR count). The molecule has 19 heavy (non-hydrogen) atoms. The molecule has 1 heterocycles. The van der Waals surface area contributed by atoms with Crippen molar-refractivity contribution in [3.05, 3.63) is 57.3 Å². The van der Waals surface area contributed by atoms with Gasteiger partial charge in [0.25, 0.3) is 0 Å². The Morgan fingerprint density at radius 2 is 2.16 bits per heavy atom. The van der Waals surface area contributed by atoms with Crippen LogP contribution >= 0.6 is 27.5 Å². The van der Waals surface area contributed by atoms with Gasteiger partial charge >= 0.3 is 0 Å². The molecular formula is C14H14BrClN2O. The Bertz CT molecular complexity index is 577. The van der Waals surface area contributed by atoms with Crippen LogP contribution in [0.4, 0.5) is 0 Å². The van der Waals surface area contributed by atoms with Crippen LogP contribution in [0.25, 0.3) is 0 Å². The quantitative estimate of drug-likeness (QED) is 0.918. The van der Waals surface area contributed by atoms with Crippen LogP contribution in [0.15, 0.2) is 41.1 Å². The van der Waals surface area contributed by atoms with E-state index in [1.54, 1.807) is 19.5 Å². The minimum absolute atomic E-state index is 0.0346. The molecular weight excluding hydrogens is 328 g/mol. The lowest BCUT2D eigenvalue weighted by molar-refractivity contribution is 0.411. The molecule has 1 aromatic carbocycles. The zero-order valence-electron chi connectivity index (χ0n) is 10.7. The number of nitrogens with zero attached hydrogens (tertiary/aromatic N) is 1. The van der Waals surface area contributed by atoms with Crippen LogP contribution in [-0.4, -0.2) is 19.1 Å². The first kappa shape index (κ1) is 14.3. The third kappa shape index (κ3) is 3.08. The van der Waals surface area contributed by atoms with Gasteiger partial charge in [-0.3, -0.25) is 4.98 Å². The summed E-state index contributed by atoms with van der Waals surface area (Å²) in [6.45, 7) is 0. The van der Waals surface area contributed by atoms with Crippen molar-refractivity contribution in [1.29, 1.82) is 0 Å². The van der Waals surface area contributed by atoms with E-state index in [1.807, 2.05) is 31.3 Å². The highest BCUT2D eigenvalue weighted by Gasteiger charge is 2.17. The number of hydrogen-bond acceptors (Lipinski definition) is 3.